The Bertz CT molecular complexity index is 386. The molecule has 0 aromatic rings. The molecular formula is C15H26N2O4. The molecule has 1 saturated carbocycles. The molecule has 2 amide bonds. The molecule has 2 rings (SSSR count). The Balaban J connectivity index is 1.84. The van der Waals surface area contributed by atoms with Crippen LogP contribution >= 0.6 is 0 Å². The molecule has 1 heterocycles. The number of carbonyl (C=O) groups excluding carboxylic acids is 2. The Kier molecular flexibility index (Phi) is 5.08. The van der Waals surface area contributed by atoms with Gasteiger partial charge in [-0.3, -0.25) is 4.79 Å². The van der Waals surface area contributed by atoms with Crippen LogP contribution in [0.1, 0.15) is 46.5 Å². The smallest absolute Gasteiger partial charge is 0.410 e. The van der Waals surface area contributed by atoms with Gasteiger partial charge in [0.05, 0.1) is 13.2 Å². The van der Waals surface area contributed by atoms with Gasteiger partial charge in [-0.15, -0.1) is 0 Å². The van der Waals surface area contributed by atoms with E-state index >= 15 is 0 Å². The minimum Gasteiger partial charge on any atom is -0.444 e. The molecule has 0 aromatic carbocycles. The van der Waals surface area contributed by atoms with Gasteiger partial charge < -0.3 is 19.7 Å². The van der Waals surface area contributed by atoms with Gasteiger partial charge >= 0.3 is 6.09 Å². The summed E-state index contributed by atoms with van der Waals surface area (Å²) in [6.07, 6.45) is 3.43. The summed E-state index contributed by atoms with van der Waals surface area (Å²) in [5.41, 5.74) is -0.531. The molecule has 1 atom stereocenters. The second-order valence-corrected chi connectivity index (χ2v) is 6.78. The van der Waals surface area contributed by atoms with Crippen molar-refractivity contribution in [2.75, 3.05) is 19.7 Å². The molecule has 1 saturated heterocycles. The summed E-state index contributed by atoms with van der Waals surface area (Å²) >= 11 is 0. The van der Waals surface area contributed by atoms with E-state index in [4.69, 9.17) is 9.47 Å². The van der Waals surface area contributed by atoms with Crippen molar-refractivity contribution in [2.24, 2.45) is 0 Å². The third kappa shape index (κ3) is 4.88. The molecular weight excluding hydrogens is 272 g/mol. The number of rotatable bonds is 2. The van der Waals surface area contributed by atoms with E-state index in [0.717, 1.165) is 12.8 Å². The largest absolute Gasteiger partial charge is 0.444 e. The number of nitrogens with one attached hydrogen (secondary N) is 1. The van der Waals surface area contributed by atoms with Crippen LogP contribution in [-0.2, 0) is 14.3 Å². The predicted octanol–water partition coefficient (Wildman–Crippen LogP) is 1.68. The second kappa shape index (κ2) is 6.64. The van der Waals surface area contributed by atoms with Gasteiger partial charge in [0.1, 0.15) is 5.60 Å². The number of hydrogen-bond acceptors (Lipinski definition) is 4. The van der Waals surface area contributed by atoms with Gasteiger partial charge in [0.2, 0.25) is 0 Å². The number of carbonyl (C=O) groups is 2. The van der Waals surface area contributed by atoms with E-state index in [1.54, 1.807) is 4.90 Å². The normalized spacial score (nSPS) is 24.0. The zero-order chi connectivity index (χ0) is 15.5. The van der Waals surface area contributed by atoms with Crippen LogP contribution in [0.25, 0.3) is 0 Å². The Labute approximate surface area is 126 Å². The molecule has 6 heteroatoms. The summed E-state index contributed by atoms with van der Waals surface area (Å²) in [5.74, 6) is -0.116. The van der Waals surface area contributed by atoms with Crippen molar-refractivity contribution in [3.8, 4) is 0 Å². The van der Waals surface area contributed by atoms with Crippen LogP contribution in [-0.4, -0.2) is 54.3 Å². The van der Waals surface area contributed by atoms with Crippen molar-refractivity contribution in [1.82, 2.24) is 10.2 Å². The van der Waals surface area contributed by atoms with E-state index in [9.17, 15) is 9.59 Å². The lowest BCUT2D eigenvalue weighted by Crippen LogP contribution is -2.53. The summed E-state index contributed by atoms with van der Waals surface area (Å²) in [6.45, 7) is 6.57. The number of amides is 2. The van der Waals surface area contributed by atoms with E-state index in [-0.39, 0.29) is 24.6 Å². The second-order valence-electron chi connectivity index (χ2n) is 6.78. The maximum atomic E-state index is 12.2. The first kappa shape index (κ1) is 16.1. The van der Waals surface area contributed by atoms with Crippen molar-refractivity contribution in [1.29, 1.82) is 0 Å². The lowest BCUT2D eigenvalue weighted by Gasteiger charge is -2.34. The Hall–Kier alpha value is -1.30. The van der Waals surface area contributed by atoms with Crippen molar-refractivity contribution >= 4 is 12.0 Å². The molecule has 0 radical (unpaired) electrons. The fraction of sp³-hybridized carbons (Fsp3) is 0.867. The molecule has 1 aliphatic heterocycles. The fourth-order valence-electron chi connectivity index (χ4n) is 2.66. The lowest BCUT2D eigenvalue weighted by molar-refractivity contribution is -0.138. The molecule has 2 aliphatic rings. The first-order valence-corrected chi connectivity index (χ1v) is 7.75. The molecule has 1 N–H and O–H groups in total. The monoisotopic (exact) mass is 298 g/mol. The first-order chi connectivity index (χ1) is 9.85. The van der Waals surface area contributed by atoms with Gasteiger partial charge in [0, 0.05) is 12.6 Å². The molecule has 6 nitrogen and oxygen atoms in total. The molecule has 0 unspecified atom stereocenters. The summed E-state index contributed by atoms with van der Waals surface area (Å²) in [5, 5.41) is 3.01. The standard InChI is InChI=1S/C15H26N2O4/c1-15(2,3)21-14(19)17-8-9-20-12(10-17)13(18)16-11-6-4-5-7-11/h11-12H,4-10H2,1-3H3,(H,16,18)/t12-/m0/s1. The van der Waals surface area contributed by atoms with Crippen molar-refractivity contribution in [2.45, 2.75) is 64.2 Å². The summed E-state index contributed by atoms with van der Waals surface area (Å²) < 4.78 is 10.8. The number of hydrogen-bond donors (Lipinski definition) is 1. The van der Waals surface area contributed by atoms with Crippen LogP contribution in [0.2, 0.25) is 0 Å². The van der Waals surface area contributed by atoms with Gasteiger partial charge in [-0.05, 0) is 33.6 Å². The number of ether oxygens (including phenoxy) is 2. The molecule has 21 heavy (non-hydrogen) atoms. The van der Waals surface area contributed by atoms with E-state index in [0.29, 0.717) is 13.2 Å². The van der Waals surface area contributed by atoms with Gasteiger partial charge in [-0.25, -0.2) is 4.79 Å². The molecule has 1 aliphatic carbocycles. The third-order valence-corrected chi connectivity index (χ3v) is 3.71. The molecule has 2 fully saturated rings. The van der Waals surface area contributed by atoms with Crippen molar-refractivity contribution < 1.29 is 19.1 Å². The third-order valence-electron chi connectivity index (χ3n) is 3.71. The van der Waals surface area contributed by atoms with Gasteiger partial charge in [-0.2, -0.15) is 0 Å². The van der Waals surface area contributed by atoms with E-state index in [1.807, 2.05) is 20.8 Å². The maximum Gasteiger partial charge on any atom is 0.410 e. The number of nitrogens with zero attached hydrogens (tertiary/aromatic N) is 1. The van der Waals surface area contributed by atoms with E-state index in [2.05, 4.69) is 5.32 Å². The van der Waals surface area contributed by atoms with E-state index in [1.165, 1.54) is 12.8 Å². The van der Waals surface area contributed by atoms with Crippen molar-refractivity contribution in [3.05, 3.63) is 0 Å². The molecule has 0 spiro atoms. The van der Waals surface area contributed by atoms with Crippen LogP contribution in [0.4, 0.5) is 4.79 Å². The average molecular weight is 298 g/mol. The fourth-order valence-corrected chi connectivity index (χ4v) is 2.66. The van der Waals surface area contributed by atoms with Gasteiger partial charge in [0.25, 0.3) is 5.91 Å². The average Bonchev–Trinajstić information content (AvgIpc) is 2.90. The van der Waals surface area contributed by atoms with Crippen molar-refractivity contribution in [3.63, 3.8) is 0 Å². The Morgan fingerprint density at radius 1 is 1.24 bits per heavy atom. The minimum atomic E-state index is -0.591. The van der Waals surface area contributed by atoms with Gasteiger partial charge in [-0.1, -0.05) is 12.8 Å². The Morgan fingerprint density at radius 3 is 2.52 bits per heavy atom. The van der Waals surface area contributed by atoms with Gasteiger partial charge in [0.15, 0.2) is 6.10 Å². The van der Waals surface area contributed by atoms with Crippen LogP contribution in [0.5, 0.6) is 0 Å². The molecule has 120 valence electrons. The first-order valence-electron chi connectivity index (χ1n) is 7.75. The molecule has 0 aromatic heterocycles. The van der Waals surface area contributed by atoms with Crippen LogP contribution in [0, 0.1) is 0 Å². The highest BCUT2D eigenvalue weighted by Gasteiger charge is 2.32. The highest BCUT2D eigenvalue weighted by molar-refractivity contribution is 5.82. The lowest BCUT2D eigenvalue weighted by atomic mass is 10.2. The topological polar surface area (TPSA) is 67.9 Å². The summed E-state index contributed by atoms with van der Waals surface area (Å²) in [6, 6.07) is 0.262. The quantitative estimate of drug-likeness (QED) is 0.842. The minimum absolute atomic E-state index is 0.116. The highest BCUT2D eigenvalue weighted by atomic mass is 16.6. The highest BCUT2D eigenvalue weighted by Crippen LogP contribution is 2.18. The maximum absolute atomic E-state index is 12.2. The van der Waals surface area contributed by atoms with Crippen LogP contribution < -0.4 is 5.32 Å². The summed E-state index contributed by atoms with van der Waals surface area (Å²) in [7, 11) is 0. The predicted molar refractivity (Wildman–Crippen MR) is 77.9 cm³/mol. The van der Waals surface area contributed by atoms with Crippen LogP contribution in [0.3, 0.4) is 0 Å². The SMILES string of the molecule is CC(C)(C)OC(=O)N1CCO[C@H](C(=O)NC2CCCC2)C1. The Morgan fingerprint density at radius 2 is 1.90 bits per heavy atom. The zero-order valence-corrected chi connectivity index (χ0v) is 13.2. The number of morpholine rings is 1. The van der Waals surface area contributed by atoms with Crippen LogP contribution in [0.15, 0.2) is 0 Å². The zero-order valence-electron chi connectivity index (χ0n) is 13.2. The molecule has 0 bridgehead atoms. The summed E-state index contributed by atoms with van der Waals surface area (Å²) in [4.78, 5) is 25.8. The van der Waals surface area contributed by atoms with E-state index < -0.39 is 11.7 Å².